The average molecular weight is 245 g/mol. The third kappa shape index (κ3) is 2.52. The number of likely N-dealkylation sites (N-methyl/N-ethyl adjacent to an activating group) is 1. The van der Waals surface area contributed by atoms with Gasteiger partial charge >= 0.3 is 0 Å². The van der Waals surface area contributed by atoms with E-state index >= 15 is 0 Å². The SMILES string of the molecule is Cc1nc(C2CCCN(C)C2)sc1CCl. The van der Waals surface area contributed by atoms with Crippen molar-refractivity contribution < 1.29 is 0 Å². The average Bonchev–Trinajstić information content (AvgIpc) is 2.60. The van der Waals surface area contributed by atoms with E-state index < -0.39 is 0 Å². The summed E-state index contributed by atoms with van der Waals surface area (Å²) in [7, 11) is 2.19. The monoisotopic (exact) mass is 244 g/mol. The van der Waals surface area contributed by atoms with Crippen LogP contribution in [0.2, 0.25) is 0 Å². The van der Waals surface area contributed by atoms with Crippen molar-refractivity contribution in [3.05, 3.63) is 15.6 Å². The minimum atomic E-state index is 0.603. The van der Waals surface area contributed by atoms with Gasteiger partial charge in [0.25, 0.3) is 0 Å². The highest BCUT2D eigenvalue weighted by atomic mass is 35.5. The molecule has 0 amide bonds. The highest BCUT2D eigenvalue weighted by molar-refractivity contribution is 7.12. The number of rotatable bonds is 2. The van der Waals surface area contributed by atoms with Crippen molar-refractivity contribution >= 4 is 22.9 Å². The van der Waals surface area contributed by atoms with Crippen molar-refractivity contribution in [2.24, 2.45) is 0 Å². The van der Waals surface area contributed by atoms with E-state index in [1.807, 2.05) is 0 Å². The molecule has 84 valence electrons. The van der Waals surface area contributed by atoms with Crippen LogP contribution in [0, 0.1) is 6.92 Å². The lowest BCUT2D eigenvalue weighted by molar-refractivity contribution is 0.250. The number of halogens is 1. The van der Waals surface area contributed by atoms with Gasteiger partial charge < -0.3 is 4.90 Å². The molecule has 2 heterocycles. The normalized spacial score (nSPS) is 23.3. The molecule has 0 radical (unpaired) electrons. The number of hydrogen-bond acceptors (Lipinski definition) is 3. The summed E-state index contributed by atoms with van der Waals surface area (Å²) in [5.74, 6) is 1.23. The molecule has 15 heavy (non-hydrogen) atoms. The summed E-state index contributed by atoms with van der Waals surface area (Å²) in [5, 5.41) is 1.29. The molecule has 1 fully saturated rings. The lowest BCUT2D eigenvalue weighted by Crippen LogP contribution is -2.30. The van der Waals surface area contributed by atoms with Crippen LogP contribution in [0.15, 0.2) is 0 Å². The van der Waals surface area contributed by atoms with Crippen molar-refractivity contribution in [1.82, 2.24) is 9.88 Å². The summed E-state index contributed by atoms with van der Waals surface area (Å²) < 4.78 is 0. The lowest BCUT2D eigenvalue weighted by atomic mass is 9.99. The van der Waals surface area contributed by atoms with E-state index in [0.717, 1.165) is 12.2 Å². The molecule has 1 aromatic rings. The zero-order chi connectivity index (χ0) is 10.8. The second kappa shape index (κ2) is 4.81. The van der Waals surface area contributed by atoms with Crippen molar-refractivity contribution in [2.45, 2.75) is 31.6 Å². The predicted octanol–water partition coefficient (Wildman–Crippen LogP) is 3.00. The number of likely N-dealkylation sites (tertiary alicyclic amines) is 1. The molecular weight excluding hydrogens is 228 g/mol. The van der Waals surface area contributed by atoms with Crippen molar-refractivity contribution in [1.29, 1.82) is 0 Å². The van der Waals surface area contributed by atoms with Crippen LogP contribution in [-0.2, 0) is 5.88 Å². The Morgan fingerprint density at radius 3 is 3.00 bits per heavy atom. The Bertz CT molecular complexity index is 337. The van der Waals surface area contributed by atoms with Gasteiger partial charge in [-0.25, -0.2) is 4.98 Å². The number of aromatic nitrogens is 1. The number of hydrogen-bond donors (Lipinski definition) is 0. The molecule has 1 saturated heterocycles. The number of thiazole rings is 1. The Morgan fingerprint density at radius 1 is 1.60 bits per heavy atom. The molecule has 0 bridgehead atoms. The van der Waals surface area contributed by atoms with E-state index in [9.17, 15) is 0 Å². The van der Waals surface area contributed by atoms with Gasteiger partial charge in [0.15, 0.2) is 0 Å². The molecule has 0 saturated carbocycles. The van der Waals surface area contributed by atoms with E-state index in [1.165, 1.54) is 29.3 Å². The Hall–Kier alpha value is -0.120. The maximum absolute atomic E-state index is 5.87. The Kier molecular flexibility index (Phi) is 3.65. The quantitative estimate of drug-likeness (QED) is 0.744. The third-order valence-electron chi connectivity index (χ3n) is 3.00. The van der Waals surface area contributed by atoms with Gasteiger partial charge in [-0.15, -0.1) is 22.9 Å². The zero-order valence-corrected chi connectivity index (χ0v) is 10.9. The molecule has 0 N–H and O–H groups in total. The van der Waals surface area contributed by atoms with Gasteiger partial charge in [0, 0.05) is 17.3 Å². The number of piperidine rings is 1. The summed E-state index contributed by atoms with van der Waals surface area (Å²) >= 11 is 7.67. The van der Waals surface area contributed by atoms with Crippen molar-refractivity contribution in [3.8, 4) is 0 Å². The Labute approximate surface area is 100 Å². The second-order valence-electron chi connectivity index (χ2n) is 4.30. The molecule has 4 heteroatoms. The highest BCUT2D eigenvalue weighted by Crippen LogP contribution is 2.31. The first kappa shape index (κ1) is 11.4. The topological polar surface area (TPSA) is 16.1 Å². The van der Waals surface area contributed by atoms with Gasteiger partial charge in [-0.2, -0.15) is 0 Å². The summed E-state index contributed by atoms with van der Waals surface area (Å²) in [6.45, 7) is 4.43. The molecule has 0 aliphatic carbocycles. The molecule has 1 aromatic heterocycles. The first-order valence-electron chi connectivity index (χ1n) is 5.41. The van der Waals surface area contributed by atoms with Gasteiger partial charge in [-0.1, -0.05) is 0 Å². The van der Waals surface area contributed by atoms with Gasteiger partial charge in [-0.05, 0) is 33.4 Å². The van der Waals surface area contributed by atoms with Crippen LogP contribution < -0.4 is 0 Å². The summed E-state index contributed by atoms with van der Waals surface area (Å²) in [6.07, 6.45) is 2.56. The minimum Gasteiger partial charge on any atom is -0.306 e. The predicted molar refractivity (Wildman–Crippen MR) is 65.9 cm³/mol. The van der Waals surface area contributed by atoms with Crippen LogP contribution in [0.3, 0.4) is 0 Å². The van der Waals surface area contributed by atoms with Crippen molar-refractivity contribution in [3.63, 3.8) is 0 Å². The Balaban J connectivity index is 2.14. The second-order valence-corrected chi connectivity index (χ2v) is 5.68. The van der Waals surface area contributed by atoms with Crippen LogP contribution in [0.25, 0.3) is 0 Å². The molecule has 2 rings (SSSR count). The third-order valence-corrected chi connectivity index (χ3v) is 4.75. The fourth-order valence-electron chi connectivity index (χ4n) is 2.12. The van der Waals surface area contributed by atoms with Crippen LogP contribution in [-0.4, -0.2) is 30.0 Å². The highest BCUT2D eigenvalue weighted by Gasteiger charge is 2.22. The largest absolute Gasteiger partial charge is 0.306 e. The maximum atomic E-state index is 5.87. The van der Waals surface area contributed by atoms with Crippen LogP contribution in [0.4, 0.5) is 0 Å². The van der Waals surface area contributed by atoms with E-state index in [-0.39, 0.29) is 0 Å². The molecule has 1 atom stereocenters. The van der Waals surface area contributed by atoms with Crippen molar-refractivity contribution in [2.75, 3.05) is 20.1 Å². The van der Waals surface area contributed by atoms with Crippen LogP contribution in [0.5, 0.6) is 0 Å². The molecule has 1 aliphatic heterocycles. The number of aryl methyl sites for hydroxylation is 1. The van der Waals surface area contributed by atoms with E-state index in [2.05, 4.69) is 23.9 Å². The first-order chi connectivity index (χ1) is 7.20. The van der Waals surface area contributed by atoms with Gasteiger partial charge in [-0.3, -0.25) is 0 Å². The van der Waals surface area contributed by atoms with E-state index in [1.54, 1.807) is 11.3 Å². The van der Waals surface area contributed by atoms with Gasteiger partial charge in [0.1, 0.15) is 0 Å². The van der Waals surface area contributed by atoms with E-state index in [4.69, 9.17) is 11.6 Å². The molecule has 2 nitrogen and oxygen atoms in total. The van der Waals surface area contributed by atoms with Crippen LogP contribution >= 0.6 is 22.9 Å². The maximum Gasteiger partial charge on any atom is 0.0975 e. The van der Waals surface area contributed by atoms with Gasteiger partial charge in [0.2, 0.25) is 0 Å². The Morgan fingerprint density at radius 2 is 2.40 bits per heavy atom. The van der Waals surface area contributed by atoms with Crippen LogP contribution in [0.1, 0.15) is 34.3 Å². The smallest absolute Gasteiger partial charge is 0.0975 e. The standard InChI is InChI=1S/C11H17ClN2S/c1-8-10(6-12)15-11(13-8)9-4-3-5-14(2)7-9/h9H,3-7H2,1-2H3. The molecule has 0 spiro atoms. The molecule has 0 aromatic carbocycles. The van der Waals surface area contributed by atoms with Gasteiger partial charge in [0.05, 0.1) is 16.6 Å². The number of nitrogens with zero attached hydrogens (tertiary/aromatic N) is 2. The fraction of sp³-hybridized carbons (Fsp3) is 0.727. The summed E-state index contributed by atoms with van der Waals surface area (Å²) in [5.41, 5.74) is 1.12. The first-order valence-corrected chi connectivity index (χ1v) is 6.76. The summed E-state index contributed by atoms with van der Waals surface area (Å²) in [6, 6.07) is 0. The number of alkyl halides is 1. The molecular formula is C11H17ClN2S. The zero-order valence-electron chi connectivity index (χ0n) is 9.29. The summed E-state index contributed by atoms with van der Waals surface area (Å²) in [4.78, 5) is 8.28. The lowest BCUT2D eigenvalue weighted by Gasteiger charge is -2.28. The minimum absolute atomic E-state index is 0.603. The van der Waals surface area contributed by atoms with E-state index in [0.29, 0.717) is 11.8 Å². The molecule has 1 unspecified atom stereocenters. The fourth-order valence-corrected chi connectivity index (χ4v) is 3.52. The molecule has 1 aliphatic rings.